The van der Waals surface area contributed by atoms with Crippen LogP contribution in [0.5, 0.6) is 0 Å². The first-order chi connectivity index (χ1) is 11.3. The predicted molar refractivity (Wildman–Crippen MR) is 92.3 cm³/mol. The highest BCUT2D eigenvalue weighted by Gasteiger charge is 2.17. The van der Waals surface area contributed by atoms with Gasteiger partial charge in [0.25, 0.3) is 15.9 Å². The van der Waals surface area contributed by atoms with Crippen LogP contribution < -0.4 is 4.72 Å². The molecule has 7 heteroatoms. The van der Waals surface area contributed by atoms with Crippen LogP contribution >= 0.6 is 11.6 Å². The summed E-state index contributed by atoms with van der Waals surface area (Å²) in [5, 5.41) is 0.560. The molecule has 1 N–H and O–H groups in total. The van der Waals surface area contributed by atoms with Crippen molar-refractivity contribution in [2.75, 3.05) is 0 Å². The number of halogens is 1. The normalized spacial score (nSPS) is 11.4. The molecule has 0 heterocycles. The molecule has 0 aromatic heterocycles. The predicted octanol–water partition coefficient (Wildman–Crippen LogP) is 3.06. The first-order valence-corrected chi connectivity index (χ1v) is 8.75. The summed E-state index contributed by atoms with van der Waals surface area (Å²) in [6.07, 6.45) is 2.57. The number of benzene rings is 2. The van der Waals surface area contributed by atoms with Crippen molar-refractivity contribution in [1.29, 1.82) is 0 Å². The maximum Gasteiger partial charge on any atom is 0.264 e. The minimum Gasteiger partial charge on any atom is -0.295 e. The second kappa shape index (κ2) is 7.42. The van der Waals surface area contributed by atoms with Crippen LogP contribution in [-0.4, -0.2) is 20.1 Å². The molecule has 0 aliphatic carbocycles. The Kier molecular flexibility index (Phi) is 5.54. The second-order valence-electron chi connectivity index (χ2n) is 4.94. The van der Waals surface area contributed by atoms with Crippen molar-refractivity contribution in [3.8, 4) is 0 Å². The zero-order valence-electron chi connectivity index (χ0n) is 12.7. The van der Waals surface area contributed by atoms with Crippen molar-refractivity contribution in [2.24, 2.45) is 0 Å². The van der Waals surface area contributed by atoms with E-state index < -0.39 is 15.9 Å². The third-order valence-electron chi connectivity index (χ3n) is 3.08. The van der Waals surface area contributed by atoms with Gasteiger partial charge < -0.3 is 0 Å². The Morgan fingerprint density at radius 3 is 2.38 bits per heavy atom. The molecule has 0 aliphatic rings. The number of carbonyl (C=O) groups excluding carboxylic acids is 2. The minimum atomic E-state index is -4.05. The highest BCUT2D eigenvalue weighted by Crippen LogP contribution is 2.13. The molecule has 24 heavy (non-hydrogen) atoms. The SMILES string of the molecule is CC(=O)c1cccc(S(=O)(=O)NC(=O)/C=C/c2ccc(Cl)cc2)c1. The Hall–Kier alpha value is -2.44. The number of nitrogens with one attached hydrogen (secondary N) is 1. The first-order valence-electron chi connectivity index (χ1n) is 6.89. The molecule has 0 spiro atoms. The summed E-state index contributed by atoms with van der Waals surface area (Å²) in [6, 6.07) is 12.2. The van der Waals surface area contributed by atoms with Crippen LogP contribution in [0.1, 0.15) is 22.8 Å². The van der Waals surface area contributed by atoms with Crippen LogP contribution in [0, 0.1) is 0 Å². The molecular weight excluding hydrogens is 350 g/mol. The molecule has 0 aliphatic heterocycles. The van der Waals surface area contributed by atoms with Crippen LogP contribution in [0.25, 0.3) is 6.08 Å². The van der Waals surface area contributed by atoms with Gasteiger partial charge in [0.05, 0.1) is 4.90 Å². The average Bonchev–Trinajstić information content (AvgIpc) is 2.54. The van der Waals surface area contributed by atoms with Crippen molar-refractivity contribution in [2.45, 2.75) is 11.8 Å². The van der Waals surface area contributed by atoms with Crippen molar-refractivity contribution < 1.29 is 18.0 Å². The van der Waals surface area contributed by atoms with Crippen molar-refractivity contribution in [1.82, 2.24) is 4.72 Å². The summed E-state index contributed by atoms with van der Waals surface area (Å²) in [7, 11) is -4.05. The molecule has 0 bridgehead atoms. The van der Waals surface area contributed by atoms with Gasteiger partial charge in [-0.2, -0.15) is 0 Å². The zero-order valence-corrected chi connectivity index (χ0v) is 14.3. The highest BCUT2D eigenvalue weighted by molar-refractivity contribution is 7.90. The number of rotatable bonds is 5. The standard InChI is InChI=1S/C17H14ClNO4S/c1-12(20)14-3-2-4-16(11-14)24(22,23)19-17(21)10-7-13-5-8-15(18)9-6-13/h2-11H,1H3,(H,19,21)/b10-7+. The molecule has 2 aromatic rings. The summed E-state index contributed by atoms with van der Waals surface area (Å²) >= 11 is 5.76. The summed E-state index contributed by atoms with van der Waals surface area (Å²) in [5.41, 5.74) is 0.951. The Balaban J connectivity index is 2.13. The lowest BCUT2D eigenvalue weighted by Gasteiger charge is -2.06. The fraction of sp³-hybridized carbons (Fsp3) is 0.0588. The van der Waals surface area contributed by atoms with E-state index in [0.29, 0.717) is 10.6 Å². The highest BCUT2D eigenvalue weighted by atomic mass is 35.5. The molecule has 2 aromatic carbocycles. The molecule has 0 unspecified atom stereocenters. The number of carbonyl (C=O) groups is 2. The van der Waals surface area contributed by atoms with Crippen LogP contribution in [0.4, 0.5) is 0 Å². The Morgan fingerprint density at radius 1 is 1.08 bits per heavy atom. The maximum absolute atomic E-state index is 12.2. The molecule has 0 saturated heterocycles. The second-order valence-corrected chi connectivity index (χ2v) is 7.06. The van der Waals surface area contributed by atoms with Gasteiger partial charge in [-0.25, -0.2) is 13.1 Å². The number of hydrogen-bond donors (Lipinski definition) is 1. The van der Waals surface area contributed by atoms with Gasteiger partial charge in [-0.05, 0) is 42.8 Å². The van der Waals surface area contributed by atoms with E-state index in [2.05, 4.69) is 0 Å². The Morgan fingerprint density at radius 2 is 1.75 bits per heavy atom. The quantitative estimate of drug-likeness (QED) is 0.654. The molecule has 0 saturated carbocycles. The lowest BCUT2D eigenvalue weighted by molar-refractivity contribution is -0.114. The molecule has 5 nitrogen and oxygen atoms in total. The summed E-state index contributed by atoms with van der Waals surface area (Å²) in [5.74, 6) is -1.06. The minimum absolute atomic E-state index is 0.150. The van der Waals surface area contributed by atoms with Gasteiger partial charge in [0, 0.05) is 16.7 Å². The van der Waals surface area contributed by atoms with Crippen LogP contribution in [-0.2, 0) is 14.8 Å². The number of ketones is 1. The molecule has 1 amide bonds. The number of Topliss-reactive ketones (excluding diaryl/α,β-unsaturated/α-hetero) is 1. The van der Waals surface area contributed by atoms with Gasteiger partial charge >= 0.3 is 0 Å². The maximum atomic E-state index is 12.2. The fourth-order valence-corrected chi connectivity index (χ4v) is 2.97. The largest absolute Gasteiger partial charge is 0.295 e. The molecule has 0 atom stereocenters. The summed E-state index contributed by atoms with van der Waals surface area (Å²) in [6.45, 7) is 1.33. The van der Waals surface area contributed by atoms with Gasteiger partial charge in [0.15, 0.2) is 5.78 Å². The van der Waals surface area contributed by atoms with E-state index in [-0.39, 0.29) is 16.2 Å². The summed E-state index contributed by atoms with van der Waals surface area (Å²) < 4.78 is 26.3. The average molecular weight is 364 g/mol. The molecule has 124 valence electrons. The molecular formula is C17H14ClNO4S. The van der Waals surface area contributed by atoms with Crippen LogP contribution in [0.15, 0.2) is 59.5 Å². The zero-order chi connectivity index (χ0) is 17.7. The number of sulfonamides is 1. The van der Waals surface area contributed by atoms with E-state index in [1.165, 1.54) is 37.3 Å². The monoisotopic (exact) mass is 363 g/mol. The number of hydrogen-bond acceptors (Lipinski definition) is 4. The van der Waals surface area contributed by atoms with Gasteiger partial charge in [-0.15, -0.1) is 0 Å². The third-order valence-corrected chi connectivity index (χ3v) is 4.68. The topological polar surface area (TPSA) is 80.3 Å². The molecule has 2 rings (SSSR count). The first kappa shape index (κ1) is 17.9. The Labute approximate surface area is 145 Å². The van der Waals surface area contributed by atoms with E-state index >= 15 is 0 Å². The van der Waals surface area contributed by atoms with Gasteiger partial charge in [0.1, 0.15) is 0 Å². The third kappa shape index (κ3) is 4.78. The van der Waals surface area contributed by atoms with E-state index in [4.69, 9.17) is 11.6 Å². The van der Waals surface area contributed by atoms with Gasteiger partial charge in [-0.1, -0.05) is 35.9 Å². The van der Waals surface area contributed by atoms with Crippen molar-refractivity contribution in [3.05, 3.63) is 70.8 Å². The van der Waals surface area contributed by atoms with E-state index in [0.717, 1.165) is 6.08 Å². The van der Waals surface area contributed by atoms with E-state index in [1.807, 2.05) is 4.72 Å². The van der Waals surface area contributed by atoms with Crippen molar-refractivity contribution in [3.63, 3.8) is 0 Å². The van der Waals surface area contributed by atoms with E-state index in [1.54, 1.807) is 24.3 Å². The lowest BCUT2D eigenvalue weighted by atomic mass is 10.2. The van der Waals surface area contributed by atoms with Crippen LogP contribution in [0.3, 0.4) is 0 Å². The van der Waals surface area contributed by atoms with Gasteiger partial charge in [0.2, 0.25) is 0 Å². The molecule has 0 fully saturated rings. The Bertz CT molecular complexity index is 902. The van der Waals surface area contributed by atoms with Crippen molar-refractivity contribution >= 4 is 39.4 Å². The fourth-order valence-electron chi connectivity index (χ4n) is 1.85. The van der Waals surface area contributed by atoms with Gasteiger partial charge in [-0.3, -0.25) is 9.59 Å². The van der Waals surface area contributed by atoms with Crippen LogP contribution in [0.2, 0.25) is 5.02 Å². The number of amides is 1. The van der Waals surface area contributed by atoms with E-state index in [9.17, 15) is 18.0 Å². The lowest BCUT2D eigenvalue weighted by Crippen LogP contribution is -2.29. The smallest absolute Gasteiger partial charge is 0.264 e. The molecule has 0 radical (unpaired) electrons. The summed E-state index contributed by atoms with van der Waals surface area (Å²) in [4.78, 5) is 23.0.